The topological polar surface area (TPSA) is 99.8 Å². The molecule has 0 unspecified atom stereocenters. The molecular formula is C24H24N8O. The minimum atomic E-state index is -0.195. The number of hydrogen-bond acceptors (Lipinski definition) is 6. The molecule has 33 heavy (non-hydrogen) atoms. The summed E-state index contributed by atoms with van der Waals surface area (Å²) in [6.07, 6.45) is 6.85. The van der Waals surface area contributed by atoms with Crippen LogP contribution in [0.2, 0.25) is 0 Å². The summed E-state index contributed by atoms with van der Waals surface area (Å²) in [4.78, 5) is 28.7. The molecule has 0 aliphatic carbocycles. The van der Waals surface area contributed by atoms with Gasteiger partial charge in [0.25, 0.3) is 5.56 Å². The van der Waals surface area contributed by atoms with Crippen molar-refractivity contribution in [3.8, 4) is 17.1 Å². The first-order valence-electron chi connectivity index (χ1n) is 10.6. The average molecular weight is 441 g/mol. The van der Waals surface area contributed by atoms with Crippen LogP contribution < -0.4 is 11.3 Å². The predicted octanol–water partition coefficient (Wildman–Crippen LogP) is 2.28. The fourth-order valence-electron chi connectivity index (χ4n) is 3.87. The Morgan fingerprint density at radius 2 is 1.58 bits per heavy atom. The van der Waals surface area contributed by atoms with Crippen molar-refractivity contribution >= 4 is 11.2 Å². The van der Waals surface area contributed by atoms with Gasteiger partial charge in [0.2, 0.25) is 0 Å². The van der Waals surface area contributed by atoms with Crippen LogP contribution >= 0.6 is 0 Å². The van der Waals surface area contributed by atoms with Crippen LogP contribution in [0.5, 0.6) is 0 Å². The third-order valence-corrected chi connectivity index (χ3v) is 5.47. The zero-order valence-electron chi connectivity index (χ0n) is 18.5. The fourth-order valence-corrected chi connectivity index (χ4v) is 3.87. The fraction of sp³-hybridized carbons (Fsp3) is 0.167. The molecule has 166 valence electrons. The van der Waals surface area contributed by atoms with Gasteiger partial charge < -0.3 is 15.2 Å². The van der Waals surface area contributed by atoms with Gasteiger partial charge in [0.1, 0.15) is 18.5 Å². The maximum atomic E-state index is 13.4. The third-order valence-electron chi connectivity index (χ3n) is 5.47. The molecule has 0 fully saturated rings. The van der Waals surface area contributed by atoms with Crippen molar-refractivity contribution in [2.75, 3.05) is 14.1 Å². The molecule has 0 bridgehead atoms. The molecule has 0 saturated carbocycles. The average Bonchev–Trinajstić information content (AvgIpc) is 3.47. The highest BCUT2D eigenvalue weighted by atomic mass is 16.1. The molecular weight excluding hydrogens is 416 g/mol. The summed E-state index contributed by atoms with van der Waals surface area (Å²) < 4.78 is 5.33. The van der Waals surface area contributed by atoms with Crippen LogP contribution in [0.3, 0.4) is 0 Å². The van der Waals surface area contributed by atoms with E-state index >= 15 is 0 Å². The quantitative estimate of drug-likeness (QED) is 0.435. The molecule has 2 aromatic carbocycles. The SMILES string of the molecule is CN(C)Cc1nccn1-c1ccc(-n2cnc3ncn(-c4cccc(CN)c4)c3c2=O)cc1. The molecule has 0 atom stereocenters. The Bertz CT molecular complexity index is 1480. The summed E-state index contributed by atoms with van der Waals surface area (Å²) >= 11 is 0. The first-order chi connectivity index (χ1) is 16.0. The third kappa shape index (κ3) is 3.84. The van der Waals surface area contributed by atoms with Gasteiger partial charge in [-0.2, -0.15) is 0 Å². The summed E-state index contributed by atoms with van der Waals surface area (Å²) in [6, 6.07) is 15.5. The first-order valence-corrected chi connectivity index (χ1v) is 10.6. The summed E-state index contributed by atoms with van der Waals surface area (Å²) in [7, 11) is 4.02. The molecule has 0 saturated heterocycles. The molecule has 0 amide bonds. The smallest absolute Gasteiger partial charge is 0.284 e. The van der Waals surface area contributed by atoms with Gasteiger partial charge in [-0.25, -0.2) is 15.0 Å². The van der Waals surface area contributed by atoms with E-state index in [0.717, 1.165) is 35.0 Å². The molecule has 3 aromatic heterocycles. The lowest BCUT2D eigenvalue weighted by atomic mass is 10.2. The number of rotatable bonds is 6. The molecule has 0 aliphatic heterocycles. The van der Waals surface area contributed by atoms with Crippen molar-refractivity contribution in [3.63, 3.8) is 0 Å². The van der Waals surface area contributed by atoms with Crippen molar-refractivity contribution in [1.29, 1.82) is 0 Å². The Kier molecular flexibility index (Phi) is 5.33. The summed E-state index contributed by atoms with van der Waals surface area (Å²) in [5.41, 5.74) is 9.89. The standard InChI is InChI=1S/C24H24N8O/c1-29(2)14-21-26-10-11-30(21)18-6-8-19(9-7-18)32-16-28-23-22(24(32)33)31(15-27-23)20-5-3-4-17(12-20)13-25/h3-12,15-16H,13-14,25H2,1-2H3. The van der Waals surface area contributed by atoms with Crippen LogP contribution in [0.15, 0.2) is 78.4 Å². The van der Waals surface area contributed by atoms with E-state index in [0.29, 0.717) is 17.7 Å². The maximum absolute atomic E-state index is 13.4. The van der Waals surface area contributed by atoms with E-state index in [1.807, 2.05) is 73.4 Å². The number of benzene rings is 2. The Balaban J connectivity index is 1.55. The van der Waals surface area contributed by atoms with Crippen molar-refractivity contribution in [1.82, 2.24) is 33.6 Å². The Labute approximate surface area is 190 Å². The Morgan fingerprint density at radius 1 is 0.879 bits per heavy atom. The lowest BCUT2D eigenvalue weighted by molar-refractivity contribution is 0.388. The van der Waals surface area contributed by atoms with Crippen LogP contribution in [-0.2, 0) is 13.1 Å². The number of hydrogen-bond donors (Lipinski definition) is 1. The van der Waals surface area contributed by atoms with Crippen molar-refractivity contribution in [2.45, 2.75) is 13.1 Å². The molecule has 3 heterocycles. The number of nitrogens with two attached hydrogens (primary N) is 1. The molecule has 9 heteroatoms. The number of nitrogens with zero attached hydrogens (tertiary/aromatic N) is 7. The lowest BCUT2D eigenvalue weighted by Crippen LogP contribution is -2.20. The molecule has 9 nitrogen and oxygen atoms in total. The largest absolute Gasteiger partial charge is 0.326 e. The normalized spacial score (nSPS) is 11.5. The van der Waals surface area contributed by atoms with Gasteiger partial charge in [0.15, 0.2) is 11.2 Å². The van der Waals surface area contributed by atoms with Crippen LogP contribution in [0.25, 0.3) is 28.2 Å². The summed E-state index contributed by atoms with van der Waals surface area (Å²) in [6.45, 7) is 1.15. The van der Waals surface area contributed by atoms with E-state index in [-0.39, 0.29) is 5.56 Å². The van der Waals surface area contributed by atoms with Gasteiger partial charge in [-0.05, 0) is 56.1 Å². The van der Waals surface area contributed by atoms with E-state index < -0.39 is 0 Å². The number of fused-ring (bicyclic) bond motifs is 1. The van der Waals surface area contributed by atoms with Crippen molar-refractivity contribution in [3.05, 3.63) is 95.3 Å². The first kappa shape index (κ1) is 20.8. The molecule has 5 rings (SSSR count). The molecule has 0 radical (unpaired) electrons. The van der Waals surface area contributed by atoms with Crippen LogP contribution in [0.4, 0.5) is 0 Å². The van der Waals surface area contributed by atoms with E-state index in [9.17, 15) is 4.79 Å². The lowest BCUT2D eigenvalue weighted by Gasteiger charge is -2.13. The van der Waals surface area contributed by atoms with Crippen LogP contribution in [0, 0.1) is 0 Å². The zero-order chi connectivity index (χ0) is 22.9. The minimum Gasteiger partial charge on any atom is -0.326 e. The summed E-state index contributed by atoms with van der Waals surface area (Å²) in [5.74, 6) is 0.941. The van der Waals surface area contributed by atoms with Gasteiger partial charge in [-0.1, -0.05) is 12.1 Å². The summed E-state index contributed by atoms with van der Waals surface area (Å²) in [5, 5.41) is 0. The predicted molar refractivity (Wildman–Crippen MR) is 127 cm³/mol. The minimum absolute atomic E-state index is 0.195. The monoisotopic (exact) mass is 440 g/mol. The second kappa shape index (κ2) is 8.45. The van der Waals surface area contributed by atoms with Crippen molar-refractivity contribution in [2.24, 2.45) is 5.73 Å². The Morgan fingerprint density at radius 3 is 2.27 bits per heavy atom. The maximum Gasteiger partial charge on any atom is 0.284 e. The highest BCUT2D eigenvalue weighted by Crippen LogP contribution is 2.18. The van der Waals surface area contributed by atoms with Gasteiger partial charge in [0.05, 0.1) is 12.2 Å². The Hall–Kier alpha value is -4.08. The van der Waals surface area contributed by atoms with Gasteiger partial charge in [-0.15, -0.1) is 0 Å². The van der Waals surface area contributed by atoms with Crippen LogP contribution in [-0.4, -0.2) is 47.6 Å². The van der Waals surface area contributed by atoms with Gasteiger partial charge >= 0.3 is 0 Å². The van der Waals surface area contributed by atoms with Gasteiger partial charge in [-0.3, -0.25) is 13.9 Å². The highest BCUT2D eigenvalue weighted by Gasteiger charge is 2.14. The second-order valence-electron chi connectivity index (χ2n) is 8.05. The van der Waals surface area contributed by atoms with E-state index in [2.05, 4.69) is 19.9 Å². The molecule has 2 N–H and O–H groups in total. The van der Waals surface area contributed by atoms with Gasteiger partial charge in [0, 0.05) is 30.3 Å². The molecule has 0 aliphatic rings. The van der Waals surface area contributed by atoms with E-state index in [1.165, 1.54) is 10.9 Å². The van der Waals surface area contributed by atoms with E-state index in [1.54, 1.807) is 17.1 Å². The van der Waals surface area contributed by atoms with Crippen molar-refractivity contribution < 1.29 is 0 Å². The number of aromatic nitrogens is 6. The highest BCUT2D eigenvalue weighted by molar-refractivity contribution is 5.72. The second-order valence-corrected chi connectivity index (χ2v) is 8.05. The van der Waals surface area contributed by atoms with E-state index in [4.69, 9.17) is 5.73 Å². The van der Waals surface area contributed by atoms with Crippen LogP contribution in [0.1, 0.15) is 11.4 Å². The molecule has 0 spiro atoms. The zero-order valence-corrected chi connectivity index (χ0v) is 18.5. The molecule has 5 aromatic rings. The number of imidazole rings is 2.